The summed E-state index contributed by atoms with van der Waals surface area (Å²) in [6, 6.07) is 6.27. The van der Waals surface area contributed by atoms with Crippen LogP contribution in [-0.2, 0) is 16.1 Å². The Morgan fingerprint density at radius 3 is 2.82 bits per heavy atom. The number of likely N-dealkylation sites (tertiary alicyclic amines) is 1. The first-order valence-corrected chi connectivity index (χ1v) is 7.13. The van der Waals surface area contributed by atoms with Crippen molar-refractivity contribution in [1.82, 2.24) is 10.2 Å². The summed E-state index contributed by atoms with van der Waals surface area (Å²) in [6.07, 6.45) is 2.22. The van der Waals surface area contributed by atoms with Crippen LogP contribution < -0.4 is 10.1 Å². The summed E-state index contributed by atoms with van der Waals surface area (Å²) < 4.78 is 29.0. The number of amides is 2. The number of nitrogens with one attached hydrogen (secondary N) is 1. The molecule has 1 saturated heterocycles. The van der Waals surface area contributed by atoms with E-state index in [-0.39, 0.29) is 30.7 Å². The van der Waals surface area contributed by atoms with Crippen molar-refractivity contribution in [1.29, 1.82) is 0 Å². The van der Waals surface area contributed by atoms with E-state index in [1.807, 2.05) is 0 Å². The number of piperidine rings is 1. The first-order valence-electron chi connectivity index (χ1n) is 7.13. The molecule has 1 aliphatic heterocycles. The molecule has 2 rings (SSSR count). The lowest BCUT2D eigenvalue weighted by molar-refractivity contribution is -0.137. The Kier molecular flexibility index (Phi) is 5.68. The maximum atomic E-state index is 12.3. The van der Waals surface area contributed by atoms with E-state index in [0.717, 1.165) is 12.8 Å². The molecule has 1 aromatic rings. The quantitative estimate of drug-likeness (QED) is 0.873. The highest BCUT2D eigenvalue weighted by Crippen LogP contribution is 2.20. The molecule has 1 N–H and O–H groups in total. The summed E-state index contributed by atoms with van der Waals surface area (Å²) >= 11 is 0. The minimum Gasteiger partial charge on any atom is -0.434 e. The van der Waals surface area contributed by atoms with Gasteiger partial charge in [0.2, 0.25) is 11.8 Å². The number of halogens is 2. The van der Waals surface area contributed by atoms with Gasteiger partial charge in [0.15, 0.2) is 0 Å². The molecule has 1 heterocycles. The van der Waals surface area contributed by atoms with Gasteiger partial charge in [-0.15, -0.1) is 0 Å². The van der Waals surface area contributed by atoms with Crippen molar-refractivity contribution < 1.29 is 23.1 Å². The van der Waals surface area contributed by atoms with Gasteiger partial charge in [-0.2, -0.15) is 8.78 Å². The third kappa shape index (κ3) is 4.68. The van der Waals surface area contributed by atoms with Crippen LogP contribution >= 0.6 is 0 Å². The van der Waals surface area contributed by atoms with Gasteiger partial charge in [-0.25, -0.2) is 0 Å². The zero-order valence-corrected chi connectivity index (χ0v) is 12.1. The van der Waals surface area contributed by atoms with E-state index in [2.05, 4.69) is 10.1 Å². The number of para-hydroxylation sites is 1. The van der Waals surface area contributed by atoms with E-state index >= 15 is 0 Å². The molecule has 0 bridgehead atoms. The van der Waals surface area contributed by atoms with Crippen molar-refractivity contribution in [2.45, 2.75) is 32.4 Å². The average molecular weight is 312 g/mol. The molecule has 5 nitrogen and oxygen atoms in total. The lowest BCUT2D eigenvalue weighted by atomic mass is 10.1. The Balaban J connectivity index is 1.87. The Morgan fingerprint density at radius 1 is 1.32 bits per heavy atom. The summed E-state index contributed by atoms with van der Waals surface area (Å²) in [5, 5.41) is 2.62. The fraction of sp³-hybridized carbons (Fsp3) is 0.467. The molecular weight excluding hydrogens is 294 g/mol. The normalized spacial score (nSPS) is 15.0. The van der Waals surface area contributed by atoms with Crippen LogP contribution in [0.1, 0.15) is 24.8 Å². The second kappa shape index (κ2) is 7.72. The van der Waals surface area contributed by atoms with Crippen LogP contribution in [0.2, 0.25) is 0 Å². The zero-order valence-electron chi connectivity index (χ0n) is 12.1. The first kappa shape index (κ1) is 16.2. The fourth-order valence-corrected chi connectivity index (χ4v) is 2.31. The lowest BCUT2D eigenvalue weighted by Crippen LogP contribution is -2.42. The van der Waals surface area contributed by atoms with Crippen molar-refractivity contribution in [3.8, 4) is 5.75 Å². The predicted octanol–water partition coefficient (Wildman–Crippen LogP) is 1.92. The second-order valence-corrected chi connectivity index (χ2v) is 5.04. The van der Waals surface area contributed by atoms with E-state index in [0.29, 0.717) is 18.5 Å². The van der Waals surface area contributed by atoms with Crippen LogP contribution in [0.15, 0.2) is 24.3 Å². The highest BCUT2D eigenvalue weighted by Gasteiger charge is 2.20. The van der Waals surface area contributed by atoms with Gasteiger partial charge in [-0.1, -0.05) is 18.2 Å². The minimum absolute atomic E-state index is 0.00327. The number of ether oxygens (including phenoxy) is 1. The fourth-order valence-electron chi connectivity index (χ4n) is 2.31. The summed E-state index contributed by atoms with van der Waals surface area (Å²) in [6.45, 7) is -2.26. The van der Waals surface area contributed by atoms with Gasteiger partial charge in [-0.3, -0.25) is 9.59 Å². The van der Waals surface area contributed by atoms with Crippen molar-refractivity contribution in [2.24, 2.45) is 0 Å². The number of alkyl halides is 2. The van der Waals surface area contributed by atoms with Crippen LogP contribution in [0, 0.1) is 0 Å². The molecule has 0 radical (unpaired) electrons. The minimum atomic E-state index is -2.91. The Bertz CT molecular complexity index is 537. The van der Waals surface area contributed by atoms with Crippen molar-refractivity contribution in [2.75, 3.05) is 13.1 Å². The van der Waals surface area contributed by atoms with Crippen LogP contribution in [0.3, 0.4) is 0 Å². The van der Waals surface area contributed by atoms with Gasteiger partial charge >= 0.3 is 6.61 Å². The number of benzene rings is 1. The van der Waals surface area contributed by atoms with Crippen LogP contribution in [-0.4, -0.2) is 36.4 Å². The molecule has 0 aliphatic carbocycles. The van der Waals surface area contributed by atoms with Crippen molar-refractivity contribution in [3.63, 3.8) is 0 Å². The van der Waals surface area contributed by atoms with Crippen LogP contribution in [0.5, 0.6) is 5.75 Å². The number of nitrogens with zero attached hydrogens (tertiary/aromatic N) is 1. The monoisotopic (exact) mass is 312 g/mol. The molecular formula is C15H18F2N2O3. The van der Waals surface area contributed by atoms with Gasteiger partial charge in [0, 0.05) is 25.1 Å². The van der Waals surface area contributed by atoms with Crippen molar-refractivity contribution in [3.05, 3.63) is 29.8 Å². The van der Waals surface area contributed by atoms with E-state index in [9.17, 15) is 18.4 Å². The molecule has 0 atom stereocenters. The smallest absolute Gasteiger partial charge is 0.387 e. The third-order valence-corrected chi connectivity index (χ3v) is 3.42. The Labute approximate surface area is 127 Å². The Hall–Kier alpha value is -2.18. The summed E-state index contributed by atoms with van der Waals surface area (Å²) in [7, 11) is 0. The molecule has 1 aromatic carbocycles. The van der Waals surface area contributed by atoms with Gasteiger partial charge in [0.25, 0.3) is 0 Å². The summed E-state index contributed by atoms with van der Waals surface area (Å²) in [4.78, 5) is 25.0. The molecule has 0 unspecified atom stereocenters. The maximum Gasteiger partial charge on any atom is 0.387 e. The lowest BCUT2D eigenvalue weighted by Gasteiger charge is -2.26. The summed E-state index contributed by atoms with van der Waals surface area (Å²) in [5.74, 6) is -0.309. The molecule has 120 valence electrons. The maximum absolute atomic E-state index is 12.3. The topological polar surface area (TPSA) is 58.6 Å². The predicted molar refractivity (Wildman–Crippen MR) is 75.4 cm³/mol. The van der Waals surface area contributed by atoms with E-state index in [4.69, 9.17) is 0 Å². The molecule has 0 spiro atoms. The van der Waals surface area contributed by atoms with Gasteiger partial charge in [-0.05, 0) is 18.9 Å². The molecule has 2 amide bonds. The van der Waals surface area contributed by atoms with Gasteiger partial charge in [0.1, 0.15) is 5.75 Å². The van der Waals surface area contributed by atoms with Crippen molar-refractivity contribution >= 4 is 11.8 Å². The molecule has 1 fully saturated rings. The highest BCUT2D eigenvalue weighted by atomic mass is 19.3. The number of hydrogen-bond donors (Lipinski definition) is 1. The van der Waals surface area contributed by atoms with Crippen LogP contribution in [0.25, 0.3) is 0 Å². The standard InChI is InChI=1S/C15H18F2N2O3/c16-15(17)22-12-6-2-1-5-11(12)9-18-13(20)10-19-8-4-3-7-14(19)21/h1-2,5-6,15H,3-4,7-10H2,(H,18,20). The molecule has 22 heavy (non-hydrogen) atoms. The van der Waals surface area contributed by atoms with Gasteiger partial charge < -0.3 is 15.0 Å². The first-order chi connectivity index (χ1) is 10.6. The summed E-state index contributed by atoms with van der Waals surface area (Å²) in [5.41, 5.74) is 0.459. The largest absolute Gasteiger partial charge is 0.434 e. The average Bonchev–Trinajstić information content (AvgIpc) is 2.48. The highest BCUT2D eigenvalue weighted by molar-refractivity contribution is 5.85. The zero-order chi connectivity index (χ0) is 15.9. The number of carbonyl (C=O) groups excluding carboxylic acids is 2. The Morgan fingerprint density at radius 2 is 2.09 bits per heavy atom. The molecule has 1 aliphatic rings. The molecule has 0 saturated carbocycles. The van der Waals surface area contributed by atoms with E-state index in [1.165, 1.54) is 11.0 Å². The number of hydrogen-bond acceptors (Lipinski definition) is 3. The van der Waals surface area contributed by atoms with Gasteiger partial charge in [0.05, 0.1) is 6.54 Å². The molecule has 7 heteroatoms. The van der Waals surface area contributed by atoms with Crippen LogP contribution in [0.4, 0.5) is 8.78 Å². The third-order valence-electron chi connectivity index (χ3n) is 3.42. The van der Waals surface area contributed by atoms with E-state index < -0.39 is 6.61 Å². The second-order valence-electron chi connectivity index (χ2n) is 5.04. The van der Waals surface area contributed by atoms with E-state index in [1.54, 1.807) is 18.2 Å². The SMILES string of the molecule is O=C(CN1CCCCC1=O)NCc1ccccc1OC(F)F. The molecule has 0 aromatic heterocycles. The number of carbonyl (C=O) groups is 2. The number of rotatable bonds is 6.